The first kappa shape index (κ1) is 10.3. The van der Waals surface area contributed by atoms with Crippen molar-refractivity contribution in [3.63, 3.8) is 0 Å². The van der Waals surface area contributed by atoms with E-state index in [2.05, 4.69) is 60.8 Å². The Hall–Kier alpha value is -1.60. The Morgan fingerprint density at radius 1 is 0.889 bits per heavy atom. The third kappa shape index (κ3) is 1.31. The molecule has 18 heavy (non-hydrogen) atoms. The second-order valence-electron chi connectivity index (χ2n) is 5.52. The van der Waals surface area contributed by atoms with Crippen molar-refractivity contribution in [2.45, 2.75) is 31.3 Å². The van der Waals surface area contributed by atoms with Crippen LogP contribution in [0.25, 0.3) is 0 Å². The van der Waals surface area contributed by atoms with Gasteiger partial charge < -0.3 is 5.32 Å². The SMILES string of the molecule is C[C@H]1N[C@@H]2Cc3ccccc3[C@H]1c1ccccc12. The van der Waals surface area contributed by atoms with Crippen molar-refractivity contribution >= 4 is 0 Å². The Labute approximate surface area is 108 Å². The number of rotatable bonds is 0. The summed E-state index contributed by atoms with van der Waals surface area (Å²) in [7, 11) is 0. The number of hydrogen-bond acceptors (Lipinski definition) is 1. The van der Waals surface area contributed by atoms with Crippen molar-refractivity contribution in [3.05, 3.63) is 70.8 Å². The van der Waals surface area contributed by atoms with E-state index >= 15 is 0 Å². The van der Waals surface area contributed by atoms with E-state index in [-0.39, 0.29) is 0 Å². The molecule has 0 amide bonds. The summed E-state index contributed by atoms with van der Waals surface area (Å²) in [6.07, 6.45) is 1.12. The van der Waals surface area contributed by atoms with Gasteiger partial charge in [0.2, 0.25) is 0 Å². The summed E-state index contributed by atoms with van der Waals surface area (Å²) < 4.78 is 0. The highest BCUT2D eigenvalue weighted by Crippen LogP contribution is 2.44. The van der Waals surface area contributed by atoms with Gasteiger partial charge in [-0.3, -0.25) is 0 Å². The van der Waals surface area contributed by atoms with Gasteiger partial charge in [0.05, 0.1) is 0 Å². The quantitative estimate of drug-likeness (QED) is 0.738. The molecule has 1 N–H and O–H groups in total. The molecule has 2 aliphatic heterocycles. The van der Waals surface area contributed by atoms with E-state index in [4.69, 9.17) is 0 Å². The lowest BCUT2D eigenvalue weighted by Gasteiger charge is -2.34. The zero-order chi connectivity index (χ0) is 12.1. The molecule has 0 spiro atoms. The largest absolute Gasteiger partial charge is 0.306 e. The molecule has 0 radical (unpaired) electrons. The predicted octanol–water partition coefficient (Wildman–Crippen LogP) is 3.41. The third-order valence-electron chi connectivity index (χ3n) is 4.48. The fraction of sp³-hybridized carbons (Fsp3) is 0.294. The van der Waals surface area contributed by atoms with Crippen molar-refractivity contribution in [1.29, 1.82) is 0 Å². The topological polar surface area (TPSA) is 12.0 Å². The first-order chi connectivity index (χ1) is 8.84. The molecule has 0 unspecified atom stereocenters. The molecule has 0 saturated carbocycles. The Balaban J connectivity index is 2.02. The maximum absolute atomic E-state index is 3.78. The summed E-state index contributed by atoms with van der Waals surface area (Å²) in [5, 5.41) is 3.78. The minimum atomic E-state index is 0.482. The number of benzene rings is 2. The van der Waals surface area contributed by atoms with E-state index in [1.54, 1.807) is 0 Å². The molecule has 0 saturated heterocycles. The van der Waals surface area contributed by atoms with Crippen molar-refractivity contribution in [1.82, 2.24) is 5.32 Å². The van der Waals surface area contributed by atoms with Crippen LogP contribution in [0.5, 0.6) is 0 Å². The maximum atomic E-state index is 3.78. The molecule has 5 rings (SSSR count). The summed E-state index contributed by atoms with van der Waals surface area (Å²) in [5.41, 5.74) is 6.06. The van der Waals surface area contributed by atoms with Crippen molar-refractivity contribution < 1.29 is 0 Å². The van der Waals surface area contributed by atoms with Gasteiger partial charge in [-0.2, -0.15) is 0 Å². The first-order valence-corrected chi connectivity index (χ1v) is 6.77. The molecule has 3 aliphatic rings. The van der Waals surface area contributed by atoms with Crippen molar-refractivity contribution in [3.8, 4) is 0 Å². The van der Waals surface area contributed by atoms with Crippen LogP contribution < -0.4 is 5.32 Å². The van der Waals surface area contributed by atoms with Crippen LogP contribution in [0.1, 0.15) is 41.1 Å². The molecule has 1 aliphatic carbocycles. The molecule has 1 heteroatoms. The summed E-state index contributed by atoms with van der Waals surface area (Å²) in [6.45, 7) is 2.32. The van der Waals surface area contributed by atoms with Gasteiger partial charge in [0.25, 0.3) is 0 Å². The first-order valence-electron chi connectivity index (χ1n) is 6.77. The summed E-state index contributed by atoms with van der Waals surface area (Å²) in [4.78, 5) is 0. The fourth-order valence-corrected chi connectivity index (χ4v) is 3.73. The summed E-state index contributed by atoms with van der Waals surface area (Å²) in [5.74, 6) is 0.510. The molecule has 0 aromatic heterocycles. The zero-order valence-corrected chi connectivity index (χ0v) is 10.6. The second-order valence-corrected chi connectivity index (χ2v) is 5.52. The lowest BCUT2D eigenvalue weighted by molar-refractivity contribution is 0.410. The van der Waals surface area contributed by atoms with Crippen molar-refractivity contribution in [2.75, 3.05) is 0 Å². The van der Waals surface area contributed by atoms with Crippen LogP contribution in [0.3, 0.4) is 0 Å². The zero-order valence-electron chi connectivity index (χ0n) is 10.6. The van der Waals surface area contributed by atoms with Crippen LogP contribution in [0.4, 0.5) is 0 Å². The minimum absolute atomic E-state index is 0.482. The third-order valence-corrected chi connectivity index (χ3v) is 4.48. The molecule has 2 aromatic carbocycles. The van der Waals surface area contributed by atoms with Gasteiger partial charge in [-0.1, -0.05) is 48.5 Å². The molecule has 3 atom stereocenters. The summed E-state index contributed by atoms with van der Waals surface area (Å²) in [6, 6.07) is 18.9. The highest BCUT2D eigenvalue weighted by molar-refractivity contribution is 5.49. The van der Waals surface area contributed by atoms with Crippen molar-refractivity contribution in [2.24, 2.45) is 0 Å². The van der Waals surface area contributed by atoms with Gasteiger partial charge in [-0.05, 0) is 35.6 Å². The van der Waals surface area contributed by atoms with Gasteiger partial charge in [-0.15, -0.1) is 0 Å². The van der Waals surface area contributed by atoms with E-state index < -0.39 is 0 Å². The smallest absolute Gasteiger partial charge is 0.0366 e. The number of hydrogen-bond donors (Lipinski definition) is 1. The molecular weight excluding hydrogens is 218 g/mol. The minimum Gasteiger partial charge on any atom is -0.306 e. The maximum Gasteiger partial charge on any atom is 0.0366 e. The number of fused-ring (bicyclic) bond motifs is 1. The van der Waals surface area contributed by atoms with Gasteiger partial charge in [0.1, 0.15) is 0 Å². The Morgan fingerprint density at radius 3 is 2.39 bits per heavy atom. The highest BCUT2D eigenvalue weighted by Gasteiger charge is 2.37. The van der Waals surface area contributed by atoms with Gasteiger partial charge in [0, 0.05) is 18.0 Å². The van der Waals surface area contributed by atoms with Gasteiger partial charge >= 0.3 is 0 Å². The van der Waals surface area contributed by atoms with Crippen LogP contribution in [-0.4, -0.2) is 6.04 Å². The fourth-order valence-electron chi connectivity index (χ4n) is 3.73. The molecule has 2 bridgehead atoms. The average Bonchev–Trinajstić information content (AvgIpc) is 2.63. The predicted molar refractivity (Wildman–Crippen MR) is 73.8 cm³/mol. The Kier molecular flexibility index (Phi) is 2.12. The van der Waals surface area contributed by atoms with Gasteiger partial charge in [-0.25, -0.2) is 0 Å². The normalized spacial score (nSPS) is 28.4. The van der Waals surface area contributed by atoms with Crippen LogP contribution >= 0.6 is 0 Å². The van der Waals surface area contributed by atoms with Gasteiger partial charge in [0.15, 0.2) is 0 Å². The summed E-state index contributed by atoms with van der Waals surface area (Å²) >= 11 is 0. The lowest BCUT2D eigenvalue weighted by atomic mass is 9.80. The van der Waals surface area contributed by atoms with E-state index in [9.17, 15) is 0 Å². The average molecular weight is 235 g/mol. The highest BCUT2D eigenvalue weighted by atomic mass is 15.0. The molecule has 2 heterocycles. The molecular formula is C17H17N. The monoisotopic (exact) mass is 235 g/mol. The van der Waals surface area contributed by atoms with E-state index in [1.807, 2.05) is 0 Å². The Bertz CT molecular complexity index is 602. The van der Waals surface area contributed by atoms with Crippen LogP contribution in [0, 0.1) is 0 Å². The molecule has 2 aromatic rings. The van der Waals surface area contributed by atoms with E-state index in [0.29, 0.717) is 18.0 Å². The second kappa shape index (κ2) is 3.69. The molecule has 90 valence electrons. The molecule has 1 nitrogen and oxygen atoms in total. The van der Waals surface area contributed by atoms with E-state index in [1.165, 1.54) is 22.3 Å². The Morgan fingerprint density at radius 2 is 1.56 bits per heavy atom. The lowest BCUT2D eigenvalue weighted by Crippen LogP contribution is -2.39. The van der Waals surface area contributed by atoms with Crippen LogP contribution in [-0.2, 0) is 6.42 Å². The molecule has 0 fully saturated rings. The van der Waals surface area contributed by atoms with E-state index in [0.717, 1.165) is 6.42 Å². The van der Waals surface area contributed by atoms with Crippen LogP contribution in [0.2, 0.25) is 0 Å². The standard InChI is InChI=1S/C17H17N/c1-11-17-13-7-3-2-6-12(13)10-16(18-11)14-8-4-5-9-15(14)17/h2-9,11,16-18H,10H2,1H3/t11-,16-,17+/m1/s1. The van der Waals surface area contributed by atoms with Crippen LogP contribution in [0.15, 0.2) is 48.5 Å². The number of nitrogens with one attached hydrogen (secondary N) is 1.